The second-order valence-corrected chi connectivity index (χ2v) is 3.95. The third-order valence-electron chi connectivity index (χ3n) is 2.53. The lowest BCUT2D eigenvalue weighted by Crippen LogP contribution is -2.38. The number of methoxy groups -OCH3 is 2. The quantitative estimate of drug-likeness (QED) is 0.831. The Bertz CT molecular complexity index is 478. The molecule has 0 heterocycles. The molecule has 1 amide bonds. The van der Waals surface area contributed by atoms with Crippen LogP contribution in [-0.2, 0) is 4.79 Å². The van der Waals surface area contributed by atoms with Crippen LogP contribution in [0.3, 0.4) is 0 Å². The number of hydrogen-bond donors (Lipinski definition) is 2. The first-order valence-electron chi connectivity index (χ1n) is 5.60. The lowest BCUT2D eigenvalue weighted by Gasteiger charge is -2.18. The maximum atomic E-state index is 12.2. The molecule has 0 aliphatic rings. The summed E-state index contributed by atoms with van der Waals surface area (Å²) in [5.74, 6) is -0.221. The van der Waals surface area contributed by atoms with Gasteiger partial charge in [0.2, 0.25) is 5.91 Å². The number of carbonyl (C=O) groups excluding carboxylic acids is 1. The molecular weight excluding hydrogens is 277 g/mol. The van der Waals surface area contributed by atoms with Gasteiger partial charge in [-0.1, -0.05) is 6.07 Å². The maximum absolute atomic E-state index is 12.2. The topological polar surface area (TPSA) is 73.6 Å². The molecule has 0 fully saturated rings. The van der Waals surface area contributed by atoms with Crippen molar-refractivity contribution in [3.8, 4) is 11.5 Å². The minimum Gasteiger partial charge on any atom is -0.493 e. The number of benzene rings is 1. The van der Waals surface area contributed by atoms with Crippen LogP contribution in [0.25, 0.3) is 0 Å². The Morgan fingerprint density at radius 3 is 2.35 bits per heavy atom. The summed E-state index contributed by atoms with van der Waals surface area (Å²) in [6.07, 6.45) is -4.44. The van der Waals surface area contributed by atoms with Crippen molar-refractivity contribution in [2.45, 2.75) is 12.2 Å². The van der Waals surface area contributed by atoms with Crippen molar-refractivity contribution in [2.75, 3.05) is 20.8 Å². The SMILES string of the molecule is COc1ccc(C(NCC(F)(F)F)C(N)=O)cc1OC. The predicted molar refractivity (Wildman–Crippen MR) is 65.5 cm³/mol. The molecule has 1 aromatic rings. The summed E-state index contributed by atoms with van der Waals surface area (Å²) in [5, 5.41) is 2.07. The summed E-state index contributed by atoms with van der Waals surface area (Å²) in [6, 6.07) is 3.06. The Hall–Kier alpha value is -1.96. The van der Waals surface area contributed by atoms with Gasteiger partial charge in [-0.25, -0.2) is 0 Å². The second kappa shape index (κ2) is 6.47. The number of nitrogens with one attached hydrogen (secondary N) is 1. The standard InChI is InChI=1S/C12H15F3N2O3/c1-19-8-4-3-7(5-9(8)20-2)10(11(16)18)17-6-12(13,14)15/h3-5,10,17H,6H2,1-2H3,(H2,16,18). The Morgan fingerprint density at radius 2 is 1.90 bits per heavy atom. The highest BCUT2D eigenvalue weighted by Gasteiger charge is 2.30. The number of halogens is 3. The van der Waals surface area contributed by atoms with E-state index < -0.39 is 24.7 Å². The van der Waals surface area contributed by atoms with E-state index in [0.29, 0.717) is 11.5 Å². The van der Waals surface area contributed by atoms with E-state index in [0.717, 1.165) is 0 Å². The molecule has 112 valence electrons. The highest BCUT2D eigenvalue weighted by Crippen LogP contribution is 2.30. The third kappa shape index (κ3) is 4.30. The summed E-state index contributed by atoms with van der Waals surface area (Å²) in [5.41, 5.74) is 5.38. The molecule has 0 bridgehead atoms. The minimum absolute atomic E-state index is 0.263. The van der Waals surface area contributed by atoms with E-state index in [1.54, 1.807) is 0 Å². The number of ether oxygens (including phenoxy) is 2. The predicted octanol–water partition coefficient (Wildman–Crippen LogP) is 1.38. The summed E-state index contributed by atoms with van der Waals surface area (Å²) >= 11 is 0. The average Bonchev–Trinajstić information content (AvgIpc) is 2.36. The van der Waals surface area contributed by atoms with Crippen molar-refractivity contribution in [1.82, 2.24) is 5.32 Å². The average molecular weight is 292 g/mol. The summed E-state index contributed by atoms with van der Waals surface area (Å²) in [4.78, 5) is 11.3. The highest BCUT2D eigenvalue weighted by atomic mass is 19.4. The number of alkyl halides is 3. The second-order valence-electron chi connectivity index (χ2n) is 3.95. The van der Waals surface area contributed by atoms with Crippen LogP contribution < -0.4 is 20.5 Å². The monoisotopic (exact) mass is 292 g/mol. The normalized spacial score (nSPS) is 12.8. The minimum atomic E-state index is -4.44. The van der Waals surface area contributed by atoms with Gasteiger partial charge in [-0.3, -0.25) is 10.1 Å². The van der Waals surface area contributed by atoms with Gasteiger partial charge < -0.3 is 15.2 Å². The van der Waals surface area contributed by atoms with Crippen LogP contribution in [0.15, 0.2) is 18.2 Å². The van der Waals surface area contributed by atoms with Crippen molar-refractivity contribution >= 4 is 5.91 Å². The van der Waals surface area contributed by atoms with Crippen molar-refractivity contribution in [3.63, 3.8) is 0 Å². The Labute approximate surface area is 113 Å². The van der Waals surface area contributed by atoms with Gasteiger partial charge in [0, 0.05) is 0 Å². The molecule has 5 nitrogen and oxygen atoms in total. The number of rotatable bonds is 6. The molecule has 1 aromatic carbocycles. The van der Waals surface area contributed by atoms with Crippen molar-refractivity contribution < 1.29 is 27.4 Å². The molecule has 0 aliphatic heterocycles. The van der Waals surface area contributed by atoms with E-state index >= 15 is 0 Å². The Balaban J connectivity index is 3.00. The highest BCUT2D eigenvalue weighted by molar-refractivity contribution is 5.81. The van der Waals surface area contributed by atoms with E-state index in [9.17, 15) is 18.0 Å². The molecule has 0 aromatic heterocycles. The fourth-order valence-electron chi connectivity index (χ4n) is 1.63. The largest absolute Gasteiger partial charge is 0.493 e. The van der Waals surface area contributed by atoms with Gasteiger partial charge in [-0.05, 0) is 17.7 Å². The summed E-state index contributed by atoms with van der Waals surface area (Å²) in [7, 11) is 2.80. The van der Waals surface area contributed by atoms with Gasteiger partial charge in [0.25, 0.3) is 0 Å². The molecule has 0 radical (unpaired) electrons. The first-order valence-corrected chi connectivity index (χ1v) is 5.60. The lowest BCUT2D eigenvalue weighted by atomic mass is 10.1. The van der Waals surface area contributed by atoms with Crippen LogP contribution >= 0.6 is 0 Å². The molecule has 3 N–H and O–H groups in total. The molecule has 0 saturated heterocycles. The van der Waals surface area contributed by atoms with Gasteiger partial charge >= 0.3 is 6.18 Å². The fourth-order valence-corrected chi connectivity index (χ4v) is 1.63. The van der Waals surface area contributed by atoms with Gasteiger partial charge in [0.05, 0.1) is 20.8 Å². The number of hydrogen-bond acceptors (Lipinski definition) is 4. The molecular formula is C12H15F3N2O3. The van der Waals surface area contributed by atoms with Crippen molar-refractivity contribution in [3.05, 3.63) is 23.8 Å². The van der Waals surface area contributed by atoms with Gasteiger partial charge in [0.15, 0.2) is 11.5 Å². The molecule has 0 saturated carbocycles. The van der Waals surface area contributed by atoms with Crippen LogP contribution in [0, 0.1) is 0 Å². The first-order chi connectivity index (χ1) is 9.28. The summed E-state index contributed by atoms with van der Waals surface area (Å²) in [6.45, 7) is -1.32. The maximum Gasteiger partial charge on any atom is 0.401 e. The molecule has 1 unspecified atom stereocenters. The zero-order valence-corrected chi connectivity index (χ0v) is 11.0. The van der Waals surface area contributed by atoms with Crippen LogP contribution in [0.1, 0.15) is 11.6 Å². The molecule has 8 heteroatoms. The van der Waals surface area contributed by atoms with Gasteiger partial charge in [0.1, 0.15) is 6.04 Å². The Kier molecular flexibility index (Phi) is 5.20. The molecule has 0 aliphatic carbocycles. The lowest BCUT2D eigenvalue weighted by molar-refractivity contribution is -0.130. The summed E-state index contributed by atoms with van der Waals surface area (Å²) < 4.78 is 46.6. The van der Waals surface area contributed by atoms with Gasteiger partial charge in [-0.15, -0.1) is 0 Å². The zero-order valence-electron chi connectivity index (χ0n) is 11.0. The van der Waals surface area contributed by atoms with Crippen LogP contribution in [0.4, 0.5) is 13.2 Å². The molecule has 1 rings (SSSR count). The third-order valence-corrected chi connectivity index (χ3v) is 2.53. The number of nitrogens with two attached hydrogens (primary N) is 1. The fraction of sp³-hybridized carbons (Fsp3) is 0.417. The van der Waals surface area contributed by atoms with E-state index in [-0.39, 0.29) is 5.56 Å². The van der Waals surface area contributed by atoms with Crippen LogP contribution in [0.2, 0.25) is 0 Å². The first kappa shape index (κ1) is 16.1. The van der Waals surface area contributed by atoms with Gasteiger partial charge in [-0.2, -0.15) is 13.2 Å². The van der Waals surface area contributed by atoms with Crippen molar-refractivity contribution in [2.24, 2.45) is 5.73 Å². The van der Waals surface area contributed by atoms with E-state index in [1.165, 1.54) is 32.4 Å². The van der Waals surface area contributed by atoms with E-state index in [1.807, 2.05) is 0 Å². The molecule has 20 heavy (non-hydrogen) atoms. The molecule has 1 atom stereocenters. The zero-order chi connectivity index (χ0) is 15.3. The Morgan fingerprint density at radius 1 is 1.30 bits per heavy atom. The molecule has 0 spiro atoms. The smallest absolute Gasteiger partial charge is 0.401 e. The van der Waals surface area contributed by atoms with E-state index in [2.05, 4.69) is 5.32 Å². The number of carbonyl (C=O) groups is 1. The van der Waals surface area contributed by atoms with Crippen LogP contribution in [0.5, 0.6) is 11.5 Å². The number of amides is 1. The number of primary amides is 1. The van der Waals surface area contributed by atoms with Crippen molar-refractivity contribution in [1.29, 1.82) is 0 Å². The van der Waals surface area contributed by atoms with Crippen LogP contribution in [-0.4, -0.2) is 32.8 Å². The van der Waals surface area contributed by atoms with E-state index in [4.69, 9.17) is 15.2 Å².